The number of carbonyl (C=O) groups excluding carboxylic acids is 3. The van der Waals surface area contributed by atoms with E-state index in [1.165, 1.54) is 48.5 Å². The van der Waals surface area contributed by atoms with Crippen LogP contribution in [0.4, 0.5) is 11.4 Å². The lowest BCUT2D eigenvalue weighted by atomic mass is 9.99. The van der Waals surface area contributed by atoms with Crippen molar-refractivity contribution in [2.24, 2.45) is 0 Å². The van der Waals surface area contributed by atoms with Gasteiger partial charge in [0.25, 0.3) is 17.5 Å². The average Bonchev–Trinajstić information content (AvgIpc) is 3.03. The summed E-state index contributed by atoms with van der Waals surface area (Å²) in [5.74, 6) is -3.92. The van der Waals surface area contributed by atoms with Crippen LogP contribution in [0.1, 0.15) is 47.0 Å². The Morgan fingerprint density at radius 3 is 2.09 bits per heavy atom. The average molecular weight is 432 g/mol. The normalized spacial score (nSPS) is 12.6. The van der Waals surface area contributed by atoms with E-state index in [0.717, 1.165) is 17.0 Å². The van der Waals surface area contributed by atoms with Gasteiger partial charge in [-0.2, -0.15) is 0 Å². The van der Waals surface area contributed by atoms with Crippen LogP contribution in [-0.2, 0) is 0 Å². The van der Waals surface area contributed by atoms with Crippen molar-refractivity contribution in [3.8, 4) is 5.75 Å². The van der Waals surface area contributed by atoms with Crippen LogP contribution in [0.5, 0.6) is 5.75 Å². The summed E-state index contributed by atoms with van der Waals surface area (Å²) in [6.45, 7) is 0. The lowest BCUT2D eigenvalue weighted by molar-refractivity contribution is -0.384. The molecule has 0 bridgehead atoms. The lowest BCUT2D eigenvalue weighted by Gasteiger charge is -2.14. The Balaban J connectivity index is 1.69. The van der Waals surface area contributed by atoms with E-state index >= 15 is 0 Å². The van der Waals surface area contributed by atoms with Gasteiger partial charge in [-0.25, -0.2) is 9.69 Å². The first-order valence-corrected chi connectivity index (χ1v) is 9.07. The number of nitro benzene ring substituents is 1. The van der Waals surface area contributed by atoms with Crippen molar-refractivity contribution in [1.82, 2.24) is 0 Å². The van der Waals surface area contributed by atoms with E-state index in [9.17, 15) is 34.4 Å². The summed E-state index contributed by atoms with van der Waals surface area (Å²) in [6, 6.07) is 12.2. The molecule has 32 heavy (non-hydrogen) atoms. The molecule has 2 amide bonds. The fourth-order valence-electron chi connectivity index (χ4n) is 3.35. The number of hydrogen-bond donors (Lipinski definition) is 2. The molecule has 2 N–H and O–H groups in total. The summed E-state index contributed by atoms with van der Waals surface area (Å²) in [5, 5.41) is 29.6. The van der Waals surface area contributed by atoms with E-state index in [1.807, 2.05) is 0 Å². The number of imide groups is 1. The Hall–Kier alpha value is -4.86. The second-order valence-corrected chi connectivity index (χ2v) is 6.85. The predicted molar refractivity (Wildman–Crippen MR) is 109 cm³/mol. The number of rotatable bonds is 5. The van der Waals surface area contributed by atoms with E-state index in [4.69, 9.17) is 5.11 Å². The summed E-state index contributed by atoms with van der Waals surface area (Å²) in [7, 11) is 0. The fourth-order valence-corrected chi connectivity index (χ4v) is 3.35. The third-order valence-corrected chi connectivity index (χ3v) is 4.96. The number of amides is 2. The summed E-state index contributed by atoms with van der Waals surface area (Å²) < 4.78 is 0. The maximum absolute atomic E-state index is 12.9. The topological polar surface area (TPSA) is 155 Å². The number of nitrogens with zero attached hydrogens (tertiary/aromatic N) is 2. The van der Waals surface area contributed by atoms with Crippen molar-refractivity contribution in [2.75, 3.05) is 4.90 Å². The van der Waals surface area contributed by atoms with Crippen molar-refractivity contribution in [2.45, 2.75) is 0 Å². The van der Waals surface area contributed by atoms with Crippen molar-refractivity contribution in [1.29, 1.82) is 0 Å². The van der Waals surface area contributed by atoms with E-state index < -0.39 is 39.8 Å². The number of phenols is 1. The highest BCUT2D eigenvalue weighted by Crippen LogP contribution is 2.32. The number of carboxylic acids is 1. The molecule has 0 aliphatic carbocycles. The molecule has 0 fully saturated rings. The van der Waals surface area contributed by atoms with Crippen LogP contribution in [0.25, 0.3) is 0 Å². The van der Waals surface area contributed by atoms with E-state index in [2.05, 4.69) is 0 Å². The van der Waals surface area contributed by atoms with Gasteiger partial charge in [0.05, 0.1) is 21.7 Å². The Labute approximate surface area is 179 Å². The molecule has 10 heteroatoms. The van der Waals surface area contributed by atoms with Crippen molar-refractivity contribution in [3.05, 3.63) is 98.6 Å². The third kappa shape index (κ3) is 3.25. The SMILES string of the molecule is O=C(c1ccc([N+](=O)[O-])cc1)c1ccc2c(c1)C(=O)N(c1ccc(O)c(C(=O)O)c1)C2=O. The highest BCUT2D eigenvalue weighted by molar-refractivity contribution is 6.35. The molecule has 0 saturated heterocycles. The fraction of sp³-hybridized carbons (Fsp3) is 0. The molecule has 0 atom stereocenters. The minimum absolute atomic E-state index is 0.0280. The minimum atomic E-state index is -1.43. The maximum atomic E-state index is 12.9. The second-order valence-electron chi connectivity index (χ2n) is 6.85. The Kier molecular flexibility index (Phi) is 4.74. The molecule has 10 nitrogen and oxygen atoms in total. The number of aromatic hydroxyl groups is 1. The van der Waals surface area contributed by atoms with Gasteiger partial charge in [-0.3, -0.25) is 24.5 Å². The van der Waals surface area contributed by atoms with Gasteiger partial charge in [-0.15, -0.1) is 0 Å². The van der Waals surface area contributed by atoms with Crippen LogP contribution in [0, 0.1) is 10.1 Å². The van der Waals surface area contributed by atoms with Crippen LogP contribution in [0.2, 0.25) is 0 Å². The Morgan fingerprint density at radius 2 is 1.47 bits per heavy atom. The molecular weight excluding hydrogens is 420 g/mol. The quantitative estimate of drug-likeness (QED) is 0.270. The number of anilines is 1. The number of ketones is 1. The molecule has 0 saturated carbocycles. The molecular formula is C22H12N2O8. The van der Waals surface area contributed by atoms with E-state index in [0.29, 0.717) is 0 Å². The number of non-ortho nitro benzene ring substituents is 1. The highest BCUT2D eigenvalue weighted by atomic mass is 16.6. The third-order valence-electron chi connectivity index (χ3n) is 4.96. The monoisotopic (exact) mass is 432 g/mol. The van der Waals surface area contributed by atoms with Crippen molar-refractivity contribution < 1.29 is 34.3 Å². The van der Waals surface area contributed by atoms with Crippen LogP contribution >= 0.6 is 0 Å². The largest absolute Gasteiger partial charge is 0.507 e. The van der Waals surface area contributed by atoms with Gasteiger partial charge in [-0.1, -0.05) is 6.07 Å². The molecule has 1 heterocycles. The van der Waals surface area contributed by atoms with Gasteiger partial charge in [0.2, 0.25) is 0 Å². The summed E-state index contributed by atoms with van der Waals surface area (Å²) in [4.78, 5) is 60.6. The standard InChI is InChI=1S/C22H12N2O8/c25-18-8-6-14(10-17(18)22(29)30)23-20(27)15-7-3-12(9-16(15)21(23)28)19(26)11-1-4-13(5-2-11)24(31)32/h1-10,25H,(H,29,30). The Bertz CT molecular complexity index is 1340. The zero-order valence-electron chi connectivity index (χ0n) is 16.0. The van der Waals surface area contributed by atoms with Crippen LogP contribution < -0.4 is 4.90 Å². The number of fused-ring (bicyclic) bond motifs is 1. The van der Waals surface area contributed by atoms with Gasteiger partial charge < -0.3 is 10.2 Å². The molecule has 1 aliphatic rings. The van der Waals surface area contributed by atoms with Crippen molar-refractivity contribution >= 4 is 34.9 Å². The van der Waals surface area contributed by atoms with Gasteiger partial charge in [-0.05, 0) is 42.5 Å². The summed E-state index contributed by atoms with van der Waals surface area (Å²) in [6.07, 6.45) is 0. The van der Waals surface area contributed by atoms with Gasteiger partial charge in [0, 0.05) is 23.3 Å². The molecule has 1 aliphatic heterocycles. The highest BCUT2D eigenvalue weighted by Gasteiger charge is 2.37. The molecule has 158 valence electrons. The first kappa shape index (κ1) is 20.4. The van der Waals surface area contributed by atoms with Crippen LogP contribution in [-0.4, -0.2) is 38.7 Å². The molecule has 0 unspecified atom stereocenters. The molecule has 3 aromatic carbocycles. The van der Waals surface area contributed by atoms with Crippen LogP contribution in [0.15, 0.2) is 60.7 Å². The lowest BCUT2D eigenvalue weighted by Crippen LogP contribution is -2.29. The zero-order chi connectivity index (χ0) is 23.2. The second kappa shape index (κ2) is 7.43. The van der Waals surface area contributed by atoms with Crippen LogP contribution in [0.3, 0.4) is 0 Å². The first-order valence-electron chi connectivity index (χ1n) is 9.07. The van der Waals surface area contributed by atoms with E-state index in [1.54, 1.807) is 0 Å². The first-order chi connectivity index (χ1) is 15.2. The molecule has 4 rings (SSSR count). The Morgan fingerprint density at radius 1 is 0.844 bits per heavy atom. The number of benzene rings is 3. The van der Waals surface area contributed by atoms with Gasteiger partial charge in [0.1, 0.15) is 11.3 Å². The molecule has 3 aromatic rings. The zero-order valence-corrected chi connectivity index (χ0v) is 16.0. The number of carbonyl (C=O) groups is 4. The predicted octanol–water partition coefficient (Wildman–Crippen LogP) is 3.03. The number of aromatic carboxylic acids is 1. The van der Waals surface area contributed by atoms with E-state index in [-0.39, 0.29) is 33.6 Å². The molecule has 0 spiro atoms. The van der Waals surface area contributed by atoms with Gasteiger partial charge in [0.15, 0.2) is 5.78 Å². The number of hydrogen-bond acceptors (Lipinski definition) is 7. The number of carboxylic acid groups (broad SMARTS) is 1. The van der Waals surface area contributed by atoms with Gasteiger partial charge >= 0.3 is 5.97 Å². The molecule has 0 radical (unpaired) electrons. The summed E-state index contributed by atoms with van der Waals surface area (Å²) in [5.41, 5.74) is -0.469. The molecule has 0 aromatic heterocycles. The minimum Gasteiger partial charge on any atom is -0.507 e. The summed E-state index contributed by atoms with van der Waals surface area (Å²) >= 11 is 0. The number of nitro groups is 1. The maximum Gasteiger partial charge on any atom is 0.339 e. The van der Waals surface area contributed by atoms with Crippen molar-refractivity contribution in [3.63, 3.8) is 0 Å². The smallest absolute Gasteiger partial charge is 0.339 e.